The number of rotatable bonds is 3. The zero-order chi connectivity index (χ0) is 13.1. The Labute approximate surface area is 124 Å². The monoisotopic (exact) mass is 346 g/mol. The molecule has 18 heavy (non-hydrogen) atoms. The normalized spacial score (nSPS) is 12.4. The highest BCUT2D eigenvalue weighted by Gasteiger charge is 2.15. The molecule has 0 aliphatic carbocycles. The van der Waals surface area contributed by atoms with Gasteiger partial charge < -0.3 is 0 Å². The molecule has 0 radical (unpaired) electrons. The van der Waals surface area contributed by atoms with Gasteiger partial charge in [-0.25, -0.2) is 4.39 Å². The second-order valence-corrected chi connectivity index (χ2v) is 5.78. The highest BCUT2D eigenvalue weighted by Crippen LogP contribution is 2.33. The van der Waals surface area contributed by atoms with Crippen LogP contribution in [0.1, 0.15) is 16.5 Å². The summed E-state index contributed by atoms with van der Waals surface area (Å²) in [4.78, 5) is 0. The zero-order valence-corrected chi connectivity index (χ0v) is 12.4. The number of hydrogen-bond donors (Lipinski definition) is 0. The largest absolute Gasteiger partial charge is 0.207 e. The summed E-state index contributed by atoms with van der Waals surface area (Å²) in [6, 6.07) is 12.1. The maximum absolute atomic E-state index is 13.5. The van der Waals surface area contributed by atoms with Gasteiger partial charge in [-0.15, -0.1) is 11.6 Å². The molecule has 0 aliphatic heterocycles. The predicted octanol–water partition coefficient (Wildman–Crippen LogP) is 5.76. The van der Waals surface area contributed by atoms with Crippen molar-refractivity contribution in [2.75, 3.05) is 0 Å². The SMILES string of the molecule is Fc1ccccc1CC(Cl)c1cc(Br)ccc1Cl. The maximum Gasteiger partial charge on any atom is 0.126 e. The second kappa shape index (κ2) is 6.05. The highest BCUT2D eigenvalue weighted by atomic mass is 79.9. The molecule has 0 amide bonds. The molecule has 0 N–H and O–H groups in total. The van der Waals surface area contributed by atoms with Crippen molar-refractivity contribution in [3.8, 4) is 0 Å². The molecule has 0 nitrogen and oxygen atoms in total. The van der Waals surface area contributed by atoms with Crippen LogP contribution in [0.25, 0.3) is 0 Å². The number of benzene rings is 2. The van der Waals surface area contributed by atoms with Gasteiger partial charge in [-0.05, 0) is 41.8 Å². The van der Waals surface area contributed by atoms with Gasteiger partial charge in [-0.1, -0.05) is 45.7 Å². The van der Waals surface area contributed by atoms with Gasteiger partial charge in [0.2, 0.25) is 0 Å². The van der Waals surface area contributed by atoms with Crippen molar-refractivity contribution >= 4 is 39.1 Å². The van der Waals surface area contributed by atoms with Crippen molar-refractivity contribution < 1.29 is 4.39 Å². The first-order valence-corrected chi connectivity index (χ1v) is 7.01. The van der Waals surface area contributed by atoms with Gasteiger partial charge in [0.05, 0.1) is 5.38 Å². The first kappa shape index (κ1) is 13.9. The van der Waals surface area contributed by atoms with Crippen LogP contribution >= 0.6 is 39.1 Å². The Hall–Kier alpha value is -0.570. The maximum atomic E-state index is 13.5. The summed E-state index contributed by atoms with van der Waals surface area (Å²) in [6.07, 6.45) is 0.407. The molecule has 1 atom stereocenters. The summed E-state index contributed by atoms with van der Waals surface area (Å²) in [5.41, 5.74) is 1.39. The van der Waals surface area contributed by atoms with Gasteiger partial charge >= 0.3 is 0 Å². The van der Waals surface area contributed by atoms with E-state index in [-0.39, 0.29) is 11.2 Å². The lowest BCUT2D eigenvalue weighted by Gasteiger charge is -2.12. The summed E-state index contributed by atoms with van der Waals surface area (Å²) < 4.78 is 14.4. The van der Waals surface area contributed by atoms with Crippen molar-refractivity contribution in [2.24, 2.45) is 0 Å². The van der Waals surface area contributed by atoms with E-state index in [0.717, 1.165) is 10.0 Å². The molecule has 4 heteroatoms. The fourth-order valence-corrected chi connectivity index (χ4v) is 2.75. The quantitative estimate of drug-likeness (QED) is 0.619. The molecule has 2 aromatic carbocycles. The topological polar surface area (TPSA) is 0 Å². The molecule has 0 bridgehead atoms. The van der Waals surface area contributed by atoms with E-state index in [4.69, 9.17) is 23.2 Å². The van der Waals surface area contributed by atoms with Gasteiger partial charge in [0.15, 0.2) is 0 Å². The first-order chi connectivity index (χ1) is 8.58. The average Bonchev–Trinajstić information content (AvgIpc) is 2.35. The van der Waals surface area contributed by atoms with Crippen LogP contribution in [0.2, 0.25) is 5.02 Å². The molecule has 2 rings (SSSR count). The number of alkyl halides is 1. The molecular weight excluding hydrogens is 338 g/mol. The van der Waals surface area contributed by atoms with Gasteiger partial charge in [0.1, 0.15) is 5.82 Å². The first-order valence-electron chi connectivity index (χ1n) is 5.40. The van der Waals surface area contributed by atoms with Crippen molar-refractivity contribution in [2.45, 2.75) is 11.8 Å². The molecule has 0 fully saturated rings. The summed E-state index contributed by atoms with van der Waals surface area (Å²) in [7, 11) is 0. The van der Waals surface area contributed by atoms with Crippen LogP contribution in [0.15, 0.2) is 46.9 Å². The zero-order valence-electron chi connectivity index (χ0n) is 9.34. The lowest BCUT2D eigenvalue weighted by molar-refractivity contribution is 0.607. The molecule has 0 saturated heterocycles. The van der Waals surface area contributed by atoms with Gasteiger partial charge in [-0.2, -0.15) is 0 Å². The van der Waals surface area contributed by atoms with Crippen LogP contribution in [0, 0.1) is 5.82 Å². The fraction of sp³-hybridized carbons (Fsp3) is 0.143. The van der Waals surface area contributed by atoms with Gasteiger partial charge in [0.25, 0.3) is 0 Å². The van der Waals surface area contributed by atoms with Gasteiger partial charge in [0, 0.05) is 9.50 Å². The van der Waals surface area contributed by atoms with E-state index in [1.165, 1.54) is 6.07 Å². The molecule has 94 valence electrons. The number of hydrogen-bond acceptors (Lipinski definition) is 0. The summed E-state index contributed by atoms with van der Waals surface area (Å²) >= 11 is 15.8. The molecule has 0 aliphatic rings. The van der Waals surface area contributed by atoms with E-state index in [2.05, 4.69) is 15.9 Å². The van der Waals surface area contributed by atoms with Crippen molar-refractivity contribution in [3.63, 3.8) is 0 Å². The van der Waals surface area contributed by atoms with Crippen LogP contribution in [0.5, 0.6) is 0 Å². The van der Waals surface area contributed by atoms with Crippen LogP contribution in [-0.2, 0) is 6.42 Å². The third-order valence-corrected chi connectivity index (χ3v) is 3.88. The predicted molar refractivity (Wildman–Crippen MR) is 77.9 cm³/mol. The minimum Gasteiger partial charge on any atom is -0.207 e. The Kier molecular flexibility index (Phi) is 4.66. The Morgan fingerprint density at radius 2 is 1.89 bits per heavy atom. The number of halogens is 4. The highest BCUT2D eigenvalue weighted by molar-refractivity contribution is 9.10. The van der Waals surface area contributed by atoms with E-state index < -0.39 is 0 Å². The third-order valence-electron chi connectivity index (χ3n) is 2.65. The Balaban J connectivity index is 2.25. The van der Waals surface area contributed by atoms with Crippen molar-refractivity contribution in [1.82, 2.24) is 0 Å². The Morgan fingerprint density at radius 3 is 2.61 bits per heavy atom. The average molecular weight is 348 g/mol. The summed E-state index contributed by atoms with van der Waals surface area (Å²) in [5.74, 6) is -0.241. The molecule has 0 saturated carbocycles. The van der Waals surface area contributed by atoms with E-state index in [1.54, 1.807) is 24.3 Å². The minimum absolute atomic E-state index is 0.241. The third kappa shape index (κ3) is 3.25. The van der Waals surface area contributed by atoms with Crippen LogP contribution in [0.4, 0.5) is 4.39 Å². The summed E-state index contributed by atoms with van der Waals surface area (Å²) in [6.45, 7) is 0. The lowest BCUT2D eigenvalue weighted by Crippen LogP contribution is -1.99. The molecule has 0 heterocycles. The summed E-state index contributed by atoms with van der Waals surface area (Å²) in [5, 5.41) is 0.237. The lowest BCUT2D eigenvalue weighted by atomic mass is 10.0. The minimum atomic E-state index is -0.355. The van der Waals surface area contributed by atoms with Crippen LogP contribution in [-0.4, -0.2) is 0 Å². The van der Waals surface area contributed by atoms with E-state index in [9.17, 15) is 4.39 Å². The Bertz CT molecular complexity index is 557. The molecule has 1 unspecified atom stereocenters. The van der Waals surface area contributed by atoms with Crippen molar-refractivity contribution in [1.29, 1.82) is 0 Å². The molecule has 0 aromatic heterocycles. The molecular formula is C14H10BrCl2F. The fourth-order valence-electron chi connectivity index (χ4n) is 1.72. The Morgan fingerprint density at radius 1 is 1.17 bits per heavy atom. The van der Waals surface area contributed by atoms with Gasteiger partial charge in [-0.3, -0.25) is 0 Å². The smallest absolute Gasteiger partial charge is 0.126 e. The van der Waals surface area contributed by atoms with E-state index in [0.29, 0.717) is 17.0 Å². The molecule has 0 spiro atoms. The second-order valence-electron chi connectivity index (χ2n) is 3.93. The van der Waals surface area contributed by atoms with E-state index >= 15 is 0 Å². The van der Waals surface area contributed by atoms with E-state index in [1.807, 2.05) is 12.1 Å². The van der Waals surface area contributed by atoms with Crippen LogP contribution < -0.4 is 0 Å². The molecule has 2 aromatic rings. The van der Waals surface area contributed by atoms with Crippen LogP contribution in [0.3, 0.4) is 0 Å². The van der Waals surface area contributed by atoms with Crippen molar-refractivity contribution in [3.05, 3.63) is 68.9 Å². The standard InChI is InChI=1S/C14H10BrCl2F/c15-10-5-6-12(16)11(8-10)13(17)7-9-3-1-2-4-14(9)18/h1-6,8,13H,7H2.